The number of hydrogen-bond acceptors (Lipinski definition) is 14. The third-order valence-corrected chi connectivity index (χ3v) is 17.0. The molecule has 20 heteroatoms. The van der Waals surface area contributed by atoms with Gasteiger partial charge < -0.3 is 38.5 Å². The number of hydrogen-bond donors (Lipinski definition) is 0. The first-order chi connectivity index (χ1) is 41.7. The van der Waals surface area contributed by atoms with E-state index in [1.165, 1.54) is 77.5 Å². The fourth-order valence-electron chi connectivity index (χ4n) is 11.4. The first-order valence-electron chi connectivity index (χ1n) is 31.7. The van der Waals surface area contributed by atoms with E-state index in [1.807, 2.05) is 125 Å². The molecule has 1 saturated heterocycles. The highest BCUT2D eigenvalue weighted by Gasteiger charge is 2.43. The quantitative estimate of drug-likeness (QED) is 0.0603. The molecule has 2 aromatic heterocycles. The van der Waals surface area contributed by atoms with Crippen LogP contribution in [0.25, 0.3) is 0 Å². The Hall–Kier alpha value is -7.38. The number of amides is 4. The van der Waals surface area contributed by atoms with Crippen molar-refractivity contribution in [2.75, 3.05) is 28.2 Å². The van der Waals surface area contributed by atoms with Gasteiger partial charge in [-0.3, -0.25) is 28.5 Å². The van der Waals surface area contributed by atoms with Crippen LogP contribution in [0.4, 0.5) is 0 Å². The summed E-state index contributed by atoms with van der Waals surface area (Å²) in [6.07, 6.45) is 4.46. The molecule has 3 fully saturated rings. The molecule has 1 aliphatic heterocycles. The number of aromatic nitrogens is 4. The Morgan fingerprint density at radius 1 is 0.386 bits per heavy atom. The van der Waals surface area contributed by atoms with Gasteiger partial charge in [-0.25, -0.2) is 19.2 Å². The summed E-state index contributed by atoms with van der Waals surface area (Å²) >= 11 is 0. The van der Waals surface area contributed by atoms with Crippen LogP contribution in [0.15, 0.2) is 73.1 Å². The summed E-state index contributed by atoms with van der Waals surface area (Å²) < 4.78 is 28.4. The van der Waals surface area contributed by atoms with Crippen molar-refractivity contribution in [1.29, 1.82) is 0 Å². The molecule has 0 N–H and O–H groups in total. The molecule has 2 aliphatic carbocycles. The summed E-state index contributed by atoms with van der Waals surface area (Å²) in [7, 11) is 5.64. The lowest BCUT2D eigenvalue weighted by molar-refractivity contribution is -0.176. The molecule has 0 radical (unpaired) electrons. The number of cyclic esters (lactones) is 4. The Bertz CT molecular complexity index is 2820. The van der Waals surface area contributed by atoms with Crippen LogP contribution in [0.2, 0.25) is 0 Å². The Labute approximate surface area is 520 Å². The minimum Gasteiger partial charge on any atom is -0.451 e. The number of likely N-dealkylation sites (N-methyl/N-ethyl adjacent to an activating group) is 4. The van der Waals surface area contributed by atoms with E-state index in [9.17, 15) is 28.8 Å². The van der Waals surface area contributed by atoms with Crippen molar-refractivity contribution in [3.05, 3.63) is 107 Å². The van der Waals surface area contributed by atoms with Crippen molar-refractivity contribution < 1.29 is 57.3 Å². The van der Waals surface area contributed by atoms with Gasteiger partial charge >= 0.3 is 23.9 Å². The molecule has 0 bridgehead atoms. The van der Waals surface area contributed by atoms with Crippen molar-refractivity contribution in [3.8, 4) is 0 Å². The summed E-state index contributed by atoms with van der Waals surface area (Å²) in [5.74, 6) is -5.98. The third kappa shape index (κ3) is 18.8. The predicted octanol–water partition coefficient (Wildman–Crippen LogP) is 8.06. The third-order valence-electron chi connectivity index (χ3n) is 17.0. The lowest BCUT2D eigenvalue weighted by Gasteiger charge is -2.35. The summed E-state index contributed by atoms with van der Waals surface area (Å²) in [6.45, 7) is 18.7. The maximum absolute atomic E-state index is 15.1. The summed E-state index contributed by atoms with van der Waals surface area (Å²) in [4.78, 5) is 123. The Kier molecular flexibility index (Phi) is 23.8. The second-order valence-electron chi connectivity index (χ2n) is 26.7. The Morgan fingerprint density at radius 2 is 0.659 bits per heavy atom. The second-order valence-corrected chi connectivity index (χ2v) is 26.7. The number of nitrogens with zero attached hydrogens (tertiary/aromatic N) is 8. The van der Waals surface area contributed by atoms with E-state index in [-0.39, 0.29) is 62.2 Å². The Balaban J connectivity index is 1.23. The summed E-state index contributed by atoms with van der Waals surface area (Å²) in [5.41, 5.74) is 5.50. The van der Waals surface area contributed by atoms with Gasteiger partial charge in [-0.15, -0.1) is 0 Å². The zero-order chi connectivity index (χ0) is 64.3. The van der Waals surface area contributed by atoms with Crippen LogP contribution in [-0.2, 0) is 96.1 Å². The minimum atomic E-state index is -1.53. The monoisotopic (exact) mass is 1220 g/mol. The molecule has 4 aromatic rings. The number of rotatable bonds is 20. The van der Waals surface area contributed by atoms with Gasteiger partial charge in [-0.05, 0) is 148 Å². The first-order valence-corrected chi connectivity index (χ1v) is 31.7. The van der Waals surface area contributed by atoms with Crippen LogP contribution in [-0.4, -0.2) is 163 Å². The van der Waals surface area contributed by atoms with E-state index in [0.29, 0.717) is 36.1 Å². The smallest absolute Gasteiger partial charge is 0.329 e. The van der Waals surface area contributed by atoms with E-state index in [4.69, 9.17) is 18.9 Å². The zero-order valence-electron chi connectivity index (χ0n) is 54.4. The standard InChI is InChI=1S/C68H96N8O12/c1-41(2)31-55-65(81)85-45(9)61(77)71(11)58(34-44(7)8)68(84)88-60(38-50-21-25-52(26-22-50)40-76-54(28-30-70-76)36-48-17-18-48)64(80)74(14)56(32-42(3)4)66(82)86-46(10)62(78)72(12)57(33-43(5)6)67(83)87-59(63(79)73(55)13)37-49-19-23-51(24-20-49)39-75-53(27-29-69-75)35-47-15-16-47/h19-30,41-48,55-60H,15-18,31-40H2,1-14H3/t45-,46-,55+,56+,57+,58+,59-,60-/m1/s1. The molecule has 480 valence electrons. The van der Waals surface area contributed by atoms with Gasteiger partial charge in [-0.2, -0.15) is 10.2 Å². The lowest BCUT2D eigenvalue weighted by Crippen LogP contribution is -2.55. The first kappa shape index (κ1) is 68.1. The molecule has 0 unspecified atom stereocenters. The molecule has 20 nitrogen and oxygen atoms in total. The average molecular weight is 1220 g/mol. The predicted molar refractivity (Wildman–Crippen MR) is 331 cm³/mol. The molecule has 8 atom stereocenters. The molecule has 3 aliphatic rings. The summed E-state index contributed by atoms with van der Waals surface area (Å²) in [6, 6.07) is 14.1. The fraction of sp³-hybridized carbons (Fsp3) is 0.618. The van der Waals surface area contributed by atoms with Gasteiger partial charge in [-0.1, -0.05) is 104 Å². The fourth-order valence-corrected chi connectivity index (χ4v) is 11.4. The molecule has 0 spiro atoms. The largest absolute Gasteiger partial charge is 0.451 e. The van der Waals surface area contributed by atoms with Crippen LogP contribution < -0.4 is 0 Å². The van der Waals surface area contributed by atoms with E-state index in [0.717, 1.165) is 45.2 Å². The van der Waals surface area contributed by atoms with Crippen molar-refractivity contribution in [1.82, 2.24) is 39.2 Å². The van der Waals surface area contributed by atoms with Crippen LogP contribution >= 0.6 is 0 Å². The van der Waals surface area contributed by atoms with Crippen LogP contribution in [0.5, 0.6) is 0 Å². The number of carbonyl (C=O) groups is 8. The van der Waals surface area contributed by atoms with Gasteiger partial charge in [0.25, 0.3) is 23.6 Å². The minimum absolute atomic E-state index is 0.0890. The van der Waals surface area contributed by atoms with E-state index in [1.54, 1.807) is 12.4 Å². The number of ether oxygens (including phenoxy) is 4. The lowest BCUT2D eigenvalue weighted by atomic mass is 9.99. The second kappa shape index (κ2) is 30.7. The molecule has 88 heavy (non-hydrogen) atoms. The maximum atomic E-state index is 15.1. The maximum Gasteiger partial charge on any atom is 0.329 e. The van der Waals surface area contributed by atoms with E-state index < -0.39 is 96.1 Å². The summed E-state index contributed by atoms with van der Waals surface area (Å²) in [5, 5.41) is 9.13. The van der Waals surface area contributed by atoms with E-state index in [2.05, 4.69) is 10.2 Å². The van der Waals surface area contributed by atoms with Gasteiger partial charge in [0.05, 0.1) is 13.1 Å². The molecule has 7 rings (SSSR count). The normalized spacial score (nSPS) is 23.9. The molecule has 2 aromatic carbocycles. The van der Waals surface area contributed by atoms with Crippen molar-refractivity contribution in [2.45, 2.75) is 208 Å². The highest BCUT2D eigenvalue weighted by Crippen LogP contribution is 2.34. The van der Waals surface area contributed by atoms with Crippen LogP contribution in [0.1, 0.15) is 154 Å². The molecule has 4 amide bonds. The number of esters is 4. The van der Waals surface area contributed by atoms with Gasteiger partial charge in [0.2, 0.25) is 0 Å². The Morgan fingerprint density at radius 3 is 0.943 bits per heavy atom. The van der Waals surface area contributed by atoms with Crippen LogP contribution in [0, 0.1) is 35.5 Å². The molecule has 2 saturated carbocycles. The van der Waals surface area contributed by atoms with Crippen molar-refractivity contribution in [3.63, 3.8) is 0 Å². The molecular formula is C68H96N8O12. The van der Waals surface area contributed by atoms with Gasteiger partial charge in [0, 0.05) is 64.8 Å². The van der Waals surface area contributed by atoms with Crippen molar-refractivity contribution >= 4 is 47.5 Å². The SMILES string of the molecule is CC(C)C[C@H]1C(=O)O[C@H](Cc2ccc(Cn3nccc3CC3CC3)cc2)C(=O)N(C)[C@@H](CC(C)C)C(=O)O[C@H](C)C(=O)N(C)[C@@H](CC(C)C)C(=O)O[C@H](Cc2ccc(Cn3nccc3CC3CC3)cc2)C(=O)N(C)[C@@H](CC(C)C)C(=O)O[C@H](C)C(=O)N1C. The van der Waals surface area contributed by atoms with Gasteiger partial charge in [0.15, 0.2) is 24.4 Å². The molecular weight excluding hydrogens is 1120 g/mol. The topological polar surface area (TPSA) is 222 Å². The zero-order valence-corrected chi connectivity index (χ0v) is 54.4. The number of carbonyl (C=O) groups excluding carboxylic acids is 8. The van der Waals surface area contributed by atoms with Crippen molar-refractivity contribution in [2.24, 2.45) is 35.5 Å². The highest BCUT2D eigenvalue weighted by molar-refractivity contribution is 5.94. The number of benzene rings is 2. The highest BCUT2D eigenvalue weighted by atomic mass is 16.6. The van der Waals surface area contributed by atoms with Crippen LogP contribution in [0.3, 0.4) is 0 Å². The van der Waals surface area contributed by atoms with Gasteiger partial charge in [0.1, 0.15) is 24.2 Å². The average Bonchev–Trinajstić information content (AvgIpc) is 2.91. The van der Waals surface area contributed by atoms with E-state index >= 15 is 9.59 Å². The molecule has 3 heterocycles.